The van der Waals surface area contributed by atoms with Gasteiger partial charge < -0.3 is 10.6 Å². The largest absolute Gasteiger partial charge is 0.359 e. The lowest BCUT2D eigenvalue weighted by Gasteiger charge is -2.10. The minimum absolute atomic E-state index is 0.164. The second-order valence-corrected chi connectivity index (χ2v) is 2.86. The van der Waals surface area contributed by atoms with E-state index in [1.54, 1.807) is 7.05 Å². The number of hydrogen-bond acceptors (Lipinski definition) is 2. The van der Waals surface area contributed by atoms with E-state index in [2.05, 4.69) is 17.6 Å². The number of nitrogens with one attached hydrogen (secondary N) is 2. The molecule has 1 aliphatic rings. The molecule has 2 N–H and O–H groups in total. The molecule has 2 atom stereocenters. The van der Waals surface area contributed by atoms with Gasteiger partial charge in [-0.25, -0.2) is 0 Å². The monoisotopic (exact) mass is 142 g/mol. The summed E-state index contributed by atoms with van der Waals surface area (Å²) in [6.45, 7) is 3.90. The average Bonchev–Trinajstić information content (AvgIpc) is 2.34. The minimum Gasteiger partial charge on any atom is -0.359 e. The molecule has 0 aromatic rings. The molecule has 3 heteroatoms. The molecule has 0 aromatic carbocycles. The molecule has 0 aliphatic carbocycles. The second-order valence-electron chi connectivity index (χ2n) is 2.86. The molecule has 1 heterocycles. The van der Waals surface area contributed by atoms with Crippen molar-refractivity contribution in [2.45, 2.75) is 6.92 Å². The Morgan fingerprint density at radius 2 is 2.30 bits per heavy atom. The van der Waals surface area contributed by atoms with Crippen LogP contribution in [0.3, 0.4) is 0 Å². The van der Waals surface area contributed by atoms with E-state index in [1.807, 2.05) is 0 Å². The van der Waals surface area contributed by atoms with E-state index in [9.17, 15) is 4.79 Å². The molecule has 10 heavy (non-hydrogen) atoms. The predicted octanol–water partition coefficient (Wildman–Crippen LogP) is -0.412. The van der Waals surface area contributed by atoms with Crippen LogP contribution in [-0.2, 0) is 4.79 Å². The lowest BCUT2D eigenvalue weighted by Crippen LogP contribution is -2.31. The highest BCUT2D eigenvalue weighted by Crippen LogP contribution is 2.14. The Kier molecular flexibility index (Phi) is 2.27. The fraction of sp³-hybridized carbons (Fsp3) is 0.857. The van der Waals surface area contributed by atoms with Crippen LogP contribution in [0.2, 0.25) is 0 Å². The standard InChI is InChI=1S/C7H14N2O/c1-5-3-9-4-6(5)7(10)8-2/h5-6,9H,3-4H2,1-2H3,(H,8,10)/t5-,6-/m1/s1. The number of carbonyl (C=O) groups is 1. The molecule has 0 bridgehead atoms. The molecule has 1 amide bonds. The van der Waals surface area contributed by atoms with Crippen molar-refractivity contribution in [3.05, 3.63) is 0 Å². The van der Waals surface area contributed by atoms with Gasteiger partial charge in [-0.15, -0.1) is 0 Å². The highest BCUT2D eigenvalue weighted by molar-refractivity contribution is 5.79. The molecule has 1 saturated heterocycles. The Labute approximate surface area is 61.2 Å². The Morgan fingerprint density at radius 3 is 2.70 bits per heavy atom. The van der Waals surface area contributed by atoms with Gasteiger partial charge in [0.05, 0.1) is 5.92 Å². The van der Waals surface area contributed by atoms with Gasteiger partial charge in [0.2, 0.25) is 5.91 Å². The summed E-state index contributed by atoms with van der Waals surface area (Å²) in [6, 6.07) is 0. The zero-order valence-electron chi connectivity index (χ0n) is 6.48. The molecule has 1 aliphatic heterocycles. The van der Waals surface area contributed by atoms with E-state index in [0.717, 1.165) is 13.1 Å². The van der Waals surface area contributed by atoms with Gasteiger partial charge in [0.25, 0.3) is 0 Å². The van der Waals surface area contributed by atoms with Crippen LogP contribution in [0.4, 0.5) is 0 Å². The van der Waals surface area contributed by atoms with Crippen LogP contribution in [0.15, 0.2) is 0 Å². The number of amides is 1. The third kappa shape index (κ3) is 1.29. The van der Waals surface area contributed by atoms with E-state index in [4.69, 9.17) is 0 Å². The van der Waals surface area contributed by atoms with Gasteiger partial charge in [-0.3, -0.25) is 4.79 Å². The predicted molar refractivity (Wildman–Crippen MR) is 39.6 cm³/mol. The molecule has 0 spiro atoms. The molecule has 0 saturated carbocycles. The fourth-order valence-corrected chi connectivity index (χ4v) is 1.35. The van der Waals surface area contributed by atoms with E-state index in [1.165, 1.54) is 0 Å². The SMILES string of the molecule is CNC(=O)[C@@H]1CNC[C@H]1C. The Balaban J connectivity index is 2.46. The first kappa shape index (κ1) is 7.54. The smallest absolute Gasteiger partial charge is 0.224 e. The lowest BCUT2D eigenvalue weighted by molar-refractivity contribution is -0.124. The maximum absolute atomic E-state index is 11.1. The summed E-state index contributed by atoms with van der Waals surface area (Å²) in [6.07, 6.45) is 0. The van der Waals surface area contributed by atoms with Gasteiger partial charge >= 0.3 is 0 Å². The number of rotatable bonds is 1. The molecule has 58 valence electrons. The van der Waals surface area contributed by atoms with Crippen LogP contribution >= 0.6 is 0 Å². The minimum atomic E-state index is 0.164. The van der Waals surface area contributed by atoms with Crippen LogP contribution < -0.4 is 10.6 Å². The highest BCUT2D eigenvalue weighted by Gasteiger charge is 2.28. The first-order chi connectivity index (χ1) is 4.75. The van der Waals surface area contributed by atoms with Gasteiger partial charge in [0.15, 0.2) is 0 Å². The zero-order chi connectivity index (χ0) is 7.56. The van der Waals surface area contributed by atoms with Gasteiger partial charge in [0, 0.05) is 13.6 Å². The zero-order valence-corrected chi connectivity index (χ0v) is 6.48. The second kappa shape index (κ2) is 3.01. The molecular formula is C7H14N2O. The Hall–Kier alpha value is -0.570. The molecule has 1 rings (SSSR count). The van der Waals surface area contributed by atoms with Crippen molar-refractivity contribution >= 4 is 5.91 Å². The van der Waals surface area contributed by atoms with Crippen LogP contribution in [0.1, 0.15) is 6.92 Å². The van der Waals surface area contributed by atoms with Gasteiger partial charge in [-0.2, -0.15) is 0 Å². The van der Waals surface area contributed by atoms with E-state index in [0.29, 0.717) is 5.92 Å². The first-order valence-electron chi connectivity index (χ1n) is 3.68. The van der Waals surface area contributed by atoms with Crippen LogP contribution in [0.5, 0.6) is 0 Å². The molecule has 1 fully saturated rings. The number of carbonyl (C=O) groups excluding carboxylic acids is 1. The summed E-state index contributed by atoms with van der Waals surface area (Å²) in [5.41, 5.74) is 0. The van der Waals surface area contributed by atoms with Crippen molar-refractivity contribution in [3.8, 4) is 0 Å². The summed E-state index contributed by atoms with van der Waals surface area (Å²) in [7, 11) is 1.69. The van der Waals surface area contributed by atoms with E-state index >= 15 is 0 Å². The van der Waals surface area contributed by atoms with Crippen molar-refractivity contribution in [2.24, 2.45) is 11.8 Å². The van der Waals surface area contributed by atoms with Crippen LogP contribution in [0, 0.1) is 11.8 Å². The molecular weight excluding hydrogens is 128 g/mol. The molecule has 0 radical (unpaired) electrons. The number of hydrogen-bond donors (Lipinski definition) is 2. The molecule has 3 nitrogen and oxygen atoms in total. The van der Waals surface area contributed by atoms with Crippen molar-refractivity contribution < 1.29 is 4.79 Å². The topological polar surface area (TPSA) is 41.1 Å². The van der Waals surface area contributed by atoms with E-state index < -0.39 is 0 Å². The summed E-state index contributed by atoms with van der Waals surface area (Å²) in [5, 5.41) is 5.83. The molecule has 0 unspecified atom stereocenters. The molecule has 0 aromatic heterocycles. The van der Waals surface area contributed by atoms with Gasteiger partial charge in [-0.1, -0.05) is 6.92 Å². The van der Waals surface area contributed by atoms with Crippen molar-refractivity contribution in [3.63, 3.8) is 0 Å². The Morgan fingerprint density at radius 1 is 1.60 bits per heavy atom. The quantitative estimate of drug-likeness (QED) is 0.522. The maximum Gasteiger partial charge on any atom is 0.224 e. The van der Waals surface area contributed by atoms with E-state index in [-0.39, 0.29) is 11.8 Å². The Bertz CT molecular complexity index is 136. The van der Waals surface area contributed by atoms with Crippen molar-refractivity contribution in [1.29, 1.82) is 0 Å². The third-order valence-electron chi connectivity index (χ3n) is 2.10. The fourth-order valence-electron chi connectivity index (χ4n) is 1.35. The van der Waals surface area contributed by atoms with Crippen molar-refractivity contribution in [1.82, 2.24) is 10.6 Å². The summed E-state index contributed by atoms with van der Waals surface area (Å²) in [5.74, 6) is 0.836. The van der Waals surface area contributed by atoms with Gasteiger partial charge in [-0.05, 0) is 12.5 Å². The lowest BCUT2D eigenvalue weighted by atomic mass is 9.98. The third-order valence-corrected chi connectivity index (χ3v) is 2.10. The highest BCUT2D eigenvalue weighted by atomic mass is 16.1. The summed E-state index contributed by atoms with van der Waals surface area (Å²) < 4.78 is 0. The van der Waals surface area contributed by atoms with Gasteiger partial charge in [0.1, 0.15) is 0 Å². The van der Waals surface area contributed by atoms with Crippen molar-refractivity contribution in [2.75, 3.05) is 20.1 Å². The average molecular weight is 142 g/mol. The first-order valence-corrected chi connectivity index (χ1v) is 3.68. The van der Waals surface area contributed by atoms with Crippen LogP contribution in [0.25, 0.3) is 0 Å². The summed E-state index contributed by atoms with van der Waals surface area (Å²) >= 11 is 0. The normalized spacial score (nSPS) is 32.2. The van der Waals surface area contributed by atoms with Crippen LogP contribution in [-0.4, -0.2) is 26.0 Å². The maximum atomic E-state index is 11.1. The summed E-state index contributed by atoms with van der Waals surface area (Å²) in [4.78, 5) is 11.1.